The fourth-order valence-electron chi connectivity index (χ4n) is 3.77. The second kappa shape index (κ2) is 7.43. The highest BCUT2D eigenvalue weighted by Gasteiger charge is 2.21. The molecule has 0 unspecified atom stereocenters. The molecular weight excluding hydrogens is 326 g/mol. The highest BCUT2D eigenvalue weighted by atomic mass is 15.3. The molecule has 4 rings (SSSR count). The molecule has 2 saturated heterocycles. The first-order chi connectivity index (χ1) is 12.7. The lowest BCUT2D eigenvalue weighted by Crippen LogP contribution is -2.47. The molecule has 2 aromatic heterocycles. The average Bonchev–Trinajstić information content (AvgIpc) is 2.68. The minimum Gasteiger partial charge on any atom is -0.356 e. The van der Waals surface area contributed by atoms with Crippen molar-refractivity contribution in [2.75, 3.05) is 54.0 Å². The zero-order valence-electron chi connectivity index (χ0n) is 15.7. The van der Waals surface area contributed by atoms with Gasteiger partial charge in [-0.15, -0.1) is 0 Å². The third-order valence-corrected chi connectivity index (χ3v) is 5.18. The number of piperazine rings is 1. The van der Waals surface area contributed by atoms with Gasteiger partial charge in [-0.25, -0.2) is 19.9 Å². The van der Waals surface area contributed by atoms with Gasteiger partial charge in [0.25, 0.3) is 0 Å². The van der Waals surface area contributed by atoms with Crippen molar-refractivity contribution in [3.05, 3.63) is 30.0 Å². The SMILES string of the molecule is Cc1nccc(N2CCN(c3cc(N4CCCCC4)nc(C)n3)CC2)n1. The number of anilines is 3. The minimum atomic E-state index is 0.822. The Morgan fingerprint density at radius 2 is 1.19 bits per heavy atom. The monoisotopic (exact) mass is 353 g/mol. The maximum Gasteiger partial charge on any atom is 0.134 e. The molecule has 0 radical (unpaired) electrons. The van der Waals surface area contributed by atoms with Crippen LogP contribution in [0.1, 0.15) is 30.9 Å². The predicted octanol–water partition coefficient (Wildman–Crippen LogP) is 2.20. The molecule has 0 spiro atoms. The van der Waals surface area contributed by atoms with Crippen LogP contribution in [-0.4, -0.2) is 59.2 Å². The number of hydrogen-bond donors (Lipinski definition) is 0. The molecule has 0 N–H and O–H groups in total. The van der Waals surface area contributed by atoms with Crippen LogP contribution in [0.3, 0.4) is 0 Å². The van der Waals surface area contributed by atoms with Crippen LogP contribution < -0.4 is 14.7 Å². The summed E-state index contributed by atoms with van der Waals surface area (Å²) in [5.41, 5.74) is 0. The average molecular weight is 353 g/mol. The van der Waals surface area contributed by atoms with Crippen LogP contribution in [0.2, 0.25) is 0 Å². The quantitative estimate of drug-likeness (QED) is 0.838. The number of hydrogen-bond acceptors (Lipinski definition) is 7. The van der Waals surface area contributed by atoms with Crippen molar-refractivity contribution in [3.8, 4) is 0 Å². The Hall–Kier alpha value is -2.44. The van der Waals surface area contributed by atoms with Crippen LogP contribution in [0.4, 0.5) is 17.5 Å². The highest BCUT2D eigenvalue weighted by molar-refractivity contribution is 5.52. The van der Waals surface area contributed by atoms with E-state index in [1.807, 2.05) is 26.1 Å². The van der Waals surface area contributed by atoms with Crippen molar-refractivity contribution in [2.24, 2.45) is 0 Å². The summed E-state index contributed by atoms with van der Waals surface area (Å²) in [6, 6.07) is 4.16. The molecule has 2 fully saturated rings. The van der Waals surface area contributed by atoms with Crippen LogP contribution >= 0.6 is 0 Å². The van der Waals surface area contributed by atoms with Crippen molar-refractivity contribution in [3.63, 3.8) is 0 Å². The zero-order valence-corrected chi connectivity index (χ0v) is 15.7. The lowest BCUT2D eigenvalue weighted by molar-refractivity contribution is 0.572. The maximum absolute atomic E-state index is 4.71. The molecule has 26 heavy (non-hydrogen) atoms. The molecule has 0 saturated carbocycles. The third kappa shape index (κ3) is 3.71. The van der Waals surface area contributed by atoms with E-state index in [4.69, 9.17) is 4.98 Å². The summed E-state index contributed by atoms with van der Waals surface area (Å²) in [6.45, 7) is 9.92. The largest absolute Gasteiger partial charge is 0.356 e. The summed E-state index contributed by atoms with van der Waals surface area (Å²) in [4.78, 5) is 25.2. The minimum absolute atomic E-state index is 0.822. The Labute approximate surface area is 155 Å². The molecule has 0 aromatic carbocycles. The van der Waals surface area contributed by atoms with Gasteiger partial charge in [-0.1, -0.05) is 0 Å². The molecule has 0 atom stereocenters. The van der Waals surface area contributed by atoms with Gasteiger partial charge in [0.2, 0.25) is 0 Å². The van der Waals surface area contributed by atoms with E-state index in [9.17, 15) is 0 Å². The lowest BCUT2D eigenvalue weighted by atomic mass is 10.1. The van der Waals surface area contributed by atoms with Crippen LogP contribution in [0.25, 0.3) is 0 Å². The van der Waals surface area contributed by atoms with Crippen LogP contribution in [-0.2, 0) is 0 Å². The Morgan fingerprint density at radius 1 is 0.654 bits per heavy atom. The summed E-state index contributed by atoms with van der Waals surface area (Å²) in [5.74, 6) is 4.84. The Bertz CT molecular complexity index is 749. The first-order valence-electron chi connectivity index (χ1n) is 9.59. The van der Waals surface area contributed by atoms with E-state index in [0.717, 1.165) is 68.4 Å². The summed E-state index contributed by atoms with van der Waals surface area (Å²) < 4.78 is 0. The van der Waals surface area contributed by atoms with E-state index >= 15 is 0 Å². The molecule has 2 aliphatic heterocycles. The standard InChI is InChI=1S/C19H27N7/c1-15-20-7-6-17(21-15)25-10-12-26(13-11-25)19-14-18(22-16(2)23-19)24-8-4-3-5-9-24/h6-7,14H,3-5,8-13H2,1-2H3. The first kappa shape index (κ1) is 17.0. The molecule has 0 bridgehead atoms. The van der Waals surface area contributed by atoms with E-state index < -0.39 is 0 Å². The van der Waals surface area contributed by atoms with Gasteiger partial charge in [0, 0.05) is 51.5 Å². The van der Waals surface area contributed by atoms with Crippen molar-refractivity contribution < 1.29 is 0 Å². The van der Waals surface area contributed by atoms with E-state index in [1.165, 1.54) is 19.3 Å². The van der Waals surface area contributed by atoms with Crippen molar-refractivity contribution in [1.29, 1.82) is 0 Å². The normalized spacial score (nSPS) is 18.3. The summed E-state index contributed by atoms with van der Waals surface area (Å²) >= 11 is 0. The molecule has 2 aliphatic rings. The fraction of sp³-hybridized carbons (Fsp3) is 0.579. The lowest BCUT2D eigenvalue weighted by Gasteiger charge is -2.36. The number of rotatable bonds is 3. The number of aromatic nitrogens is 4. The molecular formula is C19H27N7. The van der Waals surface area contributed by atoms with E-state index in [2.05, 4.69) is 35.7 Å². The van der Waals surface area contributed by atoms with Gasteiger partial charge in [-0.2, -0.15) is 0 Å². The van der Waals surface area contributed by atoms with Crippen LogP contribution in [0.5, 0.6) is 0 Å². The smallest absolute Gasteiger partial charge is 0.134 e. The van der Waals surface area contributed by atoms with Gasteiger partial charge in [0.05, 0.1) is 0 Å². The Balaban J connectivity index is 1.46. The topological polar surface area (TPSA) is 61.3 Å². The predicted molar refractivity (Wildman–Crippen MR) is 104 cm³/mol. The van der Waals surface area contributed by atoms with E-state index in [-0.39, 0.29) is 0 Å². The number of nitrogens with zero attached hydrogens (tertiary/aromatic N) is 7. The van der Waals surface area contributed by atoms with Crippen LogP contribution in [0.15, 0.2) is 18.3 Å². The van der Waals surface area contributed by atoms with Crippen molar-refractivity contribution >= 4 is 17.5 Å². The molecule has 7 heteroatoms. The fourth-order valence-corrected chi connectivity index (χ4v) is 3.77. The second-order valence-electron chi connectivity index (χ2n) is 7.12. The maximum atomic E-state index is 4.71. The molecule has 138 valence electrons. The van der Waals surface area contributed by atoms with Crippen molar-refractivity contribution in [2.45, 2.75) is 33.1 Å². The van der Waals surface area contributed by atoms with Gasteiger partial charge in [0.15, 0.2) is 0 Å². The van der Waals surface area contributed by atoms with Crippen LogP contribution in [0, 0.1) is 13.8 Å². The Morgan fingerprint density at radius 3 is 1.81 bits per heavy atom. The summed E-state index contributed by atoms with van der Waals surface area (Å²) in [6.07, 6.45) is 5.69. The van der Waals surface area contributed by atoms with Gasteiger partial charge >= 0.3 is 0 Å². The Kier molecular flexibility index (Phi) is 4.86. The van der Waals surface area contributed by atoms with E-state index in [1.54, 1.807) is 0 Å². The molecule has 4 heterocycles. The summed E-state index contributed by atoms with van der Waals surface area (Å²) in [5, 5.41) is 0. The number of piperidine rings is 1. The first-order valence-corrected chi connectivity index (χ1v) is 9.59. The highest BCUT2D eigenvalue weighted by Crippen LogP contribution is 2.24. The van der Waals surface area contributed by atoms with E-state index in [0.29, 0.717) is 0 Å². The van der Waals surface area contributed by atoms with Gasteiger partial charge in [0.1, 0.15) is 29.1 Å². The summed E-state index contributed by atoms with van der Waals surface area (Å²) in [7, 11) is 0. The zero-order chi connectivity index (χ0) is 17.9. The second-order valence-corrected chi connectivity index (χ2v) is 7.12. The third-order valence-electron chi connectivity index (χ3n) is 5.18. The van der Waals surface area contributed by atoms with Gasteiger partial charge < -0.3 is 14.7 Å². The van der Waals surface area contributed by atoms with Crippen molar-refractivity contribution in [1.82, 2.24) is 19.9 Å². The van der Waals surface area contributed by atoms with Gasteiger partial charge in [-0.05, 0) is 39.2 Å². The van der Waals surface area contributed by atoms with Gasteiger partial charge in [-0.3, -0.25) is 0 Å². The number of aryl methyl sites for hydroxylation is 2. The molecule has 2 aromatic rings. The molecule has 0 aliphatic carbocycles. The molecule has 7 nitrogen and oxygen atoms in total. The molecule has 0 amide bonds.